The van der Waals surface area contributed by atoms with Crippen molar-refractivity contribution in [3.05, 3.63) is 0 Å². The molecule has 5 nitrogen and oxygen atoms in total. The van der Waals surface area contributed by atoms with Crippen molar-refractivity contribution < 1.29 is 14.6 Å². The lowest BCUT2D eigenvalue weighted by molar-refractivity contribution is -0.141. The minimum Gasteiger partial charge on any atom is -0.394 e. The molecule has 1 saturated carbocycles. The van der Waals surface area contributed by atoms with Crippen LogP contribution in [-0.2, 0) is 9.53 Å². The van der Waals surface area contributed by atoms with Crippen molar-refractivity contribution in [3.63, 3.8) is 0 Å². The highest BCUT2D eigenvalue weighted by atomic mass is 16.5. The third-order valence-electron chi connectivity index (χ3n) is 4.05. The van der Waals surface area contributed by atoms with E-state index in [1.54, 1.807) is 0 Å². The van der Waals surface area contributed by atoms with Gasteiger partial charge in [0.15, 0.2) is 0 Å². The minimum atomic E-state index is -0.206. The molecule has 3 N–H and O–H groups in total. The van der Waals surface area contributed by atoms with Crippen molar-refractivity contribution in [2.75, 3.05) is 26.3 Å². The second kappa shape index (κ2) is 6.50. The van der Waals surface area contributed by atoms with E-state index >= 15 is 0 Å². The Labute approximate surface area is 108 Å². The number of hydrogen-bond acceptors (Lipinski definition) is 4. The highest BCUT2D eigenvalue weighted by Crippen LogP contribution is 2.26. The summed E-state index contributed by atoms with van der Waals surface area (Å²) in [5, 5.41) is 9.06. The van der Waals surface area contributed by atoms with Gasteiger partial charge in [-0.3, -0.25) is 4.79 Å². The number of nitrogens with two attached hydrogens (primary N) is 1. The lowest BCUT2D eigenvalue weighted by atomic mass is 9.84. The molecule has 2 fully saturated rings. The molecule has 1 atom stereocenters. The average Bonchev–Trinajstić information content (AvgIpc) is 2.41. The van der Waals surface area contributed by atoms with Crippen molar-refractivity contribution in [3.8, 4) is 0 Å². The molecular formula is C13H24N2O3. The van der Waals surface area contributed by atoms with Crippen molar-refractivity contribution in [1.29, 1.82) is 0 Å². The van der Waals surface area contributed by atoms with Gasteiger partial charge in [0.25, 0.3) is 0 Å². The highest BCUT2D eigenvalue weighted by Gasteiger charge is 2.27. The van der Waals surface area contributed by atoms with Crippen LogP contribution in [0.15, 0.2) is 0 Å². The molecule has 1 amide bonds. The predicted octanol–water partition coefficient (Wildman–Crippen LogP) is 0.114. The number of carbonyl (C=O) groups excluding carboxylic acids is 1. The van der Waals surface area contributed by atoms with Crippen LogP contribution >= 0.6 is 0 Å². The summed E-state index contributed by atoms with van der Waals surface area (Å²) in [4.78, 5) is 14.0. The maximum Gasteiger partial charge on any atom is 0.223 e. The van der Waals surface area contributed by atoms with E-state index in [1.807, 2.05) is 4.90 Å². The summed E-state index contributed by atoms with van der Waals surface area (Å²) in [6.45, 7) is 1.71. The molecule has 18 heavy (non-hydrogen) atoms. The van der Waals surface area contributed by atoms with E-state index in [1.165, 1.54) is 0 Å². The van der Waals surface area contributed by atoms with Crippen LogP contribution in [0.3, 0.4) is 0 Å². The quantitative estimate of drug-likeness (QED) is 0.751. The van der Waals surface area contributed by atoms with Crippen molar-refractivity contribution in [2.45, 2.75) is 44.2 Å². The molecule has 0 aromatic carbocycles. The first-order chi connectivity index (χ1) is 8.69. The Kier molecular flexibility index (Phi) is 4.97. The molecule has 0 bridgehead atoms. The zero-order valence-electron chi connectivity index (χ0n) is 10.9. The monoisotopic (exact) mass is 256 g/mol. The van der Waals surface area contributed by atoms with Gasteiger partial charge >= 0.3 is 0 Å². The molecule has 0 aromatic rings. The fourth-order valence-electron chi connectivity index (χ4n) is 2.82. The summed E-state index contributed by atoms with van der Waals surface area (Å²) in [7, 11) is 0. The number of morpholine rings is 1. The fourth-order valence-corrected chi connectivity index (χ4v) is 2.82. The van der Waals surface area contributed by atoms with Gasteiger partial charge in [0.1, 0.15) is 0 Å². The summed E-state index contributed by atoms with van der Waals surface area (Å²) in [6, 6.07) is 0.332. The number of nitrogens with zero attached hydrogens (tertiary/aromatic N) is 1. The number of amides is 1. The van der Waals surface area contributed by atoms with Crippen LogP contribution in [0.5, 0.6) is 0 Å². The van der Waals surface area contributed by atoms with E-state index < -0.39 is 0 Å². The van der Waals surface area contributed by atoms with Gasteiger partial charge in [0.2, 0.25) is 5.91 Å². The van der Waals surface area contributed by atoms with Crippen LogP contribution in [0.4, 0.5) is 0 Å². The number of carbonyl (C=O) groups is 1. The number of aliphatic hydroxyl groups is 1. The first kappa shape index (κ1) is 13.8. The third kappa shape index (κ3) is 3.67. The Bertz CT molecular complexity index is 277. The van der Waals surface area contributed by atoms with Gasteiger partial charge in [-0.25, -0.2) is 0 Å². The molecule has 1 aliphatic carbocycles. The summed E-state index contributed by atoms with van der Waals surface area (Å²) in [5.74, 6) is 0.699. The van der Waals surface area contributed by atoms with Crippen LogP contribution < -0.4 is 5.73 Å². The lowest BCUT2D eigenvalue weighted by Crippen LogP contribution is -2.47. The second-order valence-corrected chi connectivity index (χ2v) is 5.50. The molecule has 1 aliphatic heterocycles. The molecule has 1 saturated heterocycles. The topological polar surface area (TPSA) is 75.8 Å². The molecule has 2 rings (SSSR count). The van der Waals surface area contributed by atoms with Gasteiger partial charge < -0.3 is 20.5 Å². The maximum absolute atomic E-state index is 12.2. The number of rotatable bonds is 3. The largest absolute Gasteiger partial charge is 0.394 e. The first-order valence-corrected chi connectivity index (χ1v) is 6.95. The molecule has 5 heteroatoms. The zero-order valence-corrected chi connectivity index (χ0v) is 10.9. The van der Waals surface area contributed by atoms with Gasteiger partial charge in [0.05, 0.1) is 19.3 Å². The lowest BCUT2D eigenvalue weighted by Gasteiger charge is -2.34. The van der Waals surface area contributed by atoms with Crippen LogP contribution in [-0.4, -0.2) is 54.4 Å². The number of ether oxygens (including phenoxy) is 1. The zero-order chi connectivity index (χ0) is 13.0. The normalized spacial score (nSPS) is 33.4. The van der Waals surface area contributed by atoms with E-state index in [2.05, 4.69) is 0 Å². The van der Waals surface area contributed by atoms with E-state index in [0.717, 1.165) is 25.7 Å². The van der Waals surface area contributed by atoms with Crippen molar-refractivity contribution in [2.24, 2.45) is 11.7 Å². The van der Waals surface area contributed by atoms with E-state index in [4.69, 9.17) is 15.6 Å². The Morgan fingerprint density at radius 3 is 2.72 bits per heavy atom. The van der Waals surface area contributed by atoms with Crippen LogP contribution in [0.2, 0.25) is 0 Å². The van der Waals surface area contributed by atoms with Crippen molar-refractivity contribution >= 4 is 5.91 Å². The van der Waals surface area contributed by atoms with Gasteiger partial charge in [-0.05, 0) is 31.6 Å². The van der Waals surface area contributed by atoms with Crippen molar-refractivity contribution in [1.82, 2.24) is 4.90 Å². The SMILES string of the molecule is NC1CCC(CC(=O)N2CCOC(CO)C2)CC1. The molecule has 0 aromatic heterocycles. The summed E-state index contributed by atoms with van der Waals surface area (Å²) in [5.41, 5.74) is 5.87. The summed E-state index contributed by atoms with van der Waals surface area (Å²) in [6.07, 6.45) is 4.65. The van der Waals surface area contributed by atoms with E-state index in [0.29, 0.717) is 38.1 Å². The van der Waals surface area contributed by atoms with Gasteiger partial charge in [-0.2, -0.15) is 0 Å². The first-order valence-electron chi connectivity index (χ1n) is 6.95. The summed E-state index contributed by atoms with van der Waals surface area (Å²) < 4.78 is 5.35. The molecule has 104 valence electrons. The fraction of sp³-hybridized carbons (Fsp3) is 0.923. The molecular weight excluding hydrogens is 232 g/mol. The third-order valence-corrected chi connectivity index (χ3v) is 4.05. The average molecular weight is 256 g/mol. The van der Waals surface area contributed by atoms with Crippen LogP contribution in [0.25, 0.3) is 0 Å². The number of aliphatic hydroxyl groups excluding tert-OH is 1. The standard InChI is InChI=1S/C13H24N2O3/c14-11-3-1-10(2-4-11)7-13(17)15-5-6-18-12(8-15)9-16/h10-12,16H,1-9,14H2. The Balaban J connectivity index is 1.77. The molecule has 2 aliphatic rings. The molecule has 1 heterocycles. The Morgan fingerprint density at radius 1 is 1.33 bits per heavy atom. The van der Waals surface area contributed by atoms with Gasteiger partial charge in [-0.1, -0.05) is 0 Å². The highest BCUT2D eigenvalue weighted by molar-refractivity contribution is 5.76. The second-order valence-electron chi connectivity index (χ2n) is 5.50. The minimum absolute atomic E-state index is 0.0118. The number of hydrogen-bond donors (Lipinski definition) is 2. The predicted molar refractivity (Wildman–Crippen MR) is 68.0 cm³/mol. The van der Waals surface area contributed by atoms with E-state index in [-0.39, 0.29) is 18.6 Å². The smallest absolute Gasteiger partial charge is 0.223 e. The maximum atomic E-state index is 12.2. The molecule has 0 spiro atoms. The van der Waals surface area contributed by atoms with E-state index in [9.17, 15) is 4.79 Å². The Hall–Kier alpha value is -0.650. The molecule has 1 unspecified atom stereocenters. The molecule has 0 radical (unpaired) electrons. The van der Waals surface area contributed by atoms with Crippen LogP contribution in [0.1, 0.15) is 32.1 Å². The Morgan fingerprint density at radius 2 is 2.06 bits per heavy atom. The van der Waals surface area contributed by atoms with Gasteiger partial charge in [0, 0.05) is 25.6 Å². The van der Waals surface area contributed by atoms with Crippen LogP contribution in [0, 0.1) is 5.92 Å². The summed E-state index contributed by atoms with van der Waals surface area (Å²) >= 11 is 0. The van der Waals surface area contributed by atoms with Gasteiger partial charge in [-0.15, -0.1) is 0 Å².